The summed E-state index contributed by atoms with van der Waals surface area (Å²) in [5.41, 5.74) is 1.77. The monoisotopic (exact) mass is 326 g/mol. The van der Waals surface area contributed by atoms with Crippen LogP contribution < -0.4 is 5.32 Å². The molecule has 124 valence electrons. The Bertz CT molecular complexity index is 767. The Labute approximate surface area is 140 Å². The van der Waals surface area contributed by atoms with E-state index < -0.39 is 5.97 Å². The van der Waals surface area contributed by atoms with Crippen LogP contribution >= 0.6 is 0 Å². The lowest BCUT2D eigenvalue weighted by molar-refractivity contribution is 0.0600. The number of methoxy groups -OCH3 is 1. The Morgan fingerprint density at radius 1 is 0.917 bits per heavy atom. The van der Waals surface area contributed by atoms with Crippen LogP contribution in [0.1, 0.15) is 31.1 Å². The molecule has 0 heterocycles. The molecule has 0 saturated carbocycles. The number of amides is 2. The molecule has 0 unspecified atom stereocenters. The van der Waals surface area contributed by atoms with Crippen LogP contribution in [0.3, 0.4) is 0 Å². The molecule has 6 heteroatoms. The molecule has 0 aromatic heterocycles. The molecule has 2 aromatic rings. The average molecular weight is 326 g/mol. The highest BCUT2D eigenvalue weighted by atomic mass is 16.5. The molecule has 0 aliphatic carbocycles. The number of ether oxygens (including phenoxy) is 1. The second-order valence-electron chi connectivity index (χ2n) is 5.30. The van der Waals surface area contributed by atoms with Crippen molar-refractivity contribution in [2.45, 2.75) is 0 Å². The predicted molar refractivity (Wildman–Crippen MR) is 90.2 cm³/mol. The van der Waals surface area contributed by atoms with Gasteiger partial charge in [-0.25, -0.2) is 4.79 Å². The van der Waals surface area contributed by atoms with Crippen molar-refractivity contribution in [1.29, 1.82) is 0 Å². The first kappa shape index (κ1) is 17.2. The summed E-state index contributed by atoms with van der Waals surface area (Å²) in [5, 5.41) is 2.73. The SMILES string of the molecule is COC(=O)c1ccc(C(=O)Nc2cccc(C(=O)N(C)C)c2)cc1. The van der Waals surface area contributed by atoms with Crippen LogP contribution in [0.15, 0.2) is 48.5 Å². The predicted octanol–water partition coefficient (Wildman–Crippen LogP) is 2.43. The molecule has 1 N–H and O–H groups in total. The maximum Gasteiger partial charge on any atom is 0.337 e. The van der Waals surface area contributed by atoms with Crippen LogP contribution in [-0.2, 0) is 4.74 Å². The quantitative estimate of drug-likeness (QED) is 0.876. The highest BCUT2D eigenvalue weighted by Crippen LogP contribution is 2.14. The number of rotatable bonds is 4. The fourth-order valence-corrected chi connectivity index (χ4v) is 2.07. The first-order chi connectivity index (χ1) is 11.4. The molecule has 0 atom stereocenters. The normalized spacial score (nSPS) is 9.96. The number of hydrogen-bond donors (Lipinski definition) is 1. The molecule has 0 radical (unpaired) electrons. The highest BCUT2D eigenvalue weighted by Gasteiger charge is 2.11. The van der Waals surface area contributed by atoms with Crippen molar-refractivity contribution in [2.75, 3.05) is 26.5 Å². The lowest BCUT2D eigenvalue weighted by Crippen LogP contribution is -2.22. The van der Waals surface area contributed by atoms with Gasteiger partial charge in [0.05, 0.1) is 12.7 Å². The third kappa shape index (κ3) is 3.98. The molecule has 0 spiro atoms. The molecule has 0 aliphatic rings. The molecule has 0 saturated heterocycles. The van der Waals surface area contributed by atoms with Crippen molar-refractivity contribution < 1.29 is 19.1 Å². The van der Waals surface area contributed by atoms with Gasteiger partial charge >= 0.3 is 5.97 Å². The van der Waals surface area contributed by atoms with Gasteiger partial charge in [-0.3, -0.25) is 9.59 Å². The number of anilines is 1. The summed E-state index contributed by atoms with van der Waals surface area (Å²) in [4.78, 5) is 37.1. The van der Waals surface area contributed by atoms with Crippen molar-refractivity contribution >= 4 is 23.5 Å². The van der Waals surface area contributed by atoms with E-state index in [9.17, 15) is 14.4 Å². The lowest BCUT2D eigenvalue weighted by atomic mass is 10.1. The van der Waals surface area contributed by atoms with Crippen LogP contribution in [0.5, 0.6) is 0 Å². The van der Waals surface area contributed by atoms with Crippen molar-refractivity contribution in [2.24, 2.45) is 0 Å². The van der Waals surface area contributed by atoms with E-state index in [0.29, 0.717) is 22.4 Å². The molecule has 6 nitrogen and oxygen atoms in total. The van der Waals surface area contributed by atoms with Crippen LogP contribution in [0, 0.1) is 0 Å². The molecule has 0 fully saturated rings. The first-order valence-electron chi connectivity index (χ1n) is 7.24. The van der Waals surface area contributed by atoms with Gasteiger partial charge in [0, 0.05) is 30.9 Å². The second kappa shape index (κ2) is 7.41. The fraction of sp³-hybridized carbons (Fsp3) is 0.167. The third-order valence-electron chi connectivity index (χ3n) is 3.34. The van der Waals surface area contributed by atoms with E-state index in [1.54, 1.807) is 38.4 Å². The maximum absolute atomic E-state index is 12.3. The summed E-state index contributed by atoms with van der Waals surface area (Å²) in [5.74, 6) is -0.939. The van der Waals surface area contributed by atoms with Gasteiger partial charge in [0.1, 0.15) is 0 Å². The zero-order valence-corrected chi connectivity index (χ0v) is 13.7. The molecule has 2 amide bonds. The van der Waals surface area contributed by atoms with E-state index in [1.165, 1.54) is 36.3 Å². The van der Waals surface area contributed by atoms with Gasteiger partial charge < -0.3 is 15.0 Å². The average Bonchev–Trinajstić information content (AvgIpc) is 2.60. The molecule has 2 rings (SSSR count). The van der Waals surface area contributed by atoms with Gasteiger partial charge in [-0.05, 0) is 42.5 Å². The summed E-state index contributed by atoms with van der Waals surface area (Å²) >= 11 is 0. The van der Waals surface area contributed by atoms with Crippen molar-refractivity contribution in [1.82, 2.24) is 4.90 Å². The zero-order chi connectivity index (χ0) is 17.7. The number of carbonyl (C=O) groups is 3. The fourth-order valence-electron chi connectivity index (χ4n) is 2.07. The summed E-state index contributed by atoms with van der Waals surface area (Å²) < 4.78 is 4.61. The van der Waals surface area contributed by atoms with Gasteiger partial charge in [0.15, 0.2) is 0 Å². The van der Waals surface area contributed by atoms with E-state index in [0.717, 1.165) is 0 Å². The van der Waals surface area contributed by atoms with Crippen molar-refractivity contribution in [3.63, 3.8) is 0 Å². The lowest BCUT2D eigenvalue weighted by Gasteiger charge is -2.12. The van der Waals surface area contributed by atoms with Crippen LogP contribution in [0.2, 0.25) is 0 Å². The Hall–Kier alpha value is -3.15. The Morgan fingerprint density at radius 3 is 2.12 bits per heavy atom. The summed E-state index contributed by atoms with van der Waals surface area (Å²) in [7, 11) is 4.62. The first-order valence-corrected chi connectivity index (χ1v) is 7.24. The minimum Gasteiger partial charge on any atom is -0.465 e. The molecule has 0 aliphatic heterocycles. The Morgan fingerprint density at radius 2 is 1.54 bits per heavy atom. The topological polar surface area (TPSA) is 75.7 Å². The number of nitrogens with zero attached hydrogens (tertiary/aromatic N) is 1. The number of benzene rings is 2. The molecule has 24 heavy (non-hydrogen) atoms. The largest absolute Gasteiger partial charge is 0.465 e. The highest BCUT2D eigenvalue weighted by molar-refractivity contribution is 6.05. The smallest absolute Gasteiger partial charge is 0.337 e. The molecule has 2 aromatic carbocycles. The van der Waals surface area contributed by atoms with Gasteiger partial charge in [-0.15, -0.1) is 0 Å². The minimum atomic E-state index is -0.461. The van der Waals surface area contributed by atoms with E-state index in [2.05, 4.69) is 10.1 Å². The molecule has 0 bridgehead atoms. The number of nitrogens with one attached hydrogen (secondary N) is 1. The zero-order valence-electron chi connectivity index (χ0n) is 13.7. The van der Waals surface area contributed by atoms with E-state index >= 15 is 0 Å². The van der Waals surface area contributed by atoms with Crippen molar-refractivity contribution in [3.05, 3.63) is 65.2 Å². The van der Waals surface area contributed by atoms with E-state index in [1.807, 2.05) is 0 Å². The summed E-state index contributed by atoms with van der Waals surface area (Å²) in [6.45, 7) is 0. The van der Waals surface area contributed by atoms with Gasteiger partial charge in [-0.2, -0.15) is 0 Å². The van der Waals surface area contributed by atoms with Gasteiger partial charge in [0.2, 0.25) is 0 Å². The molecular weight excluding hydrogens is 308 g/mol. The van der Waals surface area contributed by atoms with Gasteiger partial charge in [-0.1, -0.05) is 6.07 Å². The number of carbonyl (C=O) groups excluding carboxylic acids is 3. The van der Waals surface area contributed by atoms with Crippen LogP contribution in [-0.4, -0.2) is 43.9 Å². The maximum atomic E-state index is 12.3. The molecular formula is C18H18N2O4. The van der Waals surface area contributed by atoms with E-state index in [4.69, 9.17) is 0 Å². The Balaban J connectivity index is 2.13. The minimum absolute atomic E-state index is 0.145. The summed E-state index contributed by atoms with van der Waals surface area (Å²) in [6, 6.07) is 12.8. The third-order valence-corrected chi connectivity index (χ3v) is 3.34. The summed E-state index contributed by atoms with van der Waals surface area (Å²) in [6.07, 6.45) is 0. The van der Waals surface area contributed by atoms with Crippen molar-refractivity contribution in [3.8, 4) is 0 Å². The standard InChI is InChI=1S/C18H18N2O4/c1-20(2)17(22)14-5-4-6-15(11-14)19-16(21)12-7-9-13(10-8-12)18(23)24-3/h4-11H,1-3H3,(H,19,21). The van der Waals surface area contributed by atoms with Crippen LogP contribution in [0.25, 0.3) is 0 Å². The van der Waals surface area contributed by atoms with Gasteiger partial charge in [0.25, 0.3) is 11.8 Å². The number of hydrogen-bond acceptors (Lipinski definition) is 4. The van der Waals surface area contributed by atoms with Crippen LogP contribution in [0.4, 0.5) is 5.69 Å². The number of esters is 1. The second-order valence-corrected chi connectivity index (χ2v) is 5.30. The Kier molecular flexibility index (Phi) is 5.31. The van der Waals surface area contributed by atoms with E-state index in [-0.39, 0.29) is 11.8 Å².